The molecule has 2 N–H and O–H groups in total. The molecule has 0 bridgehead atoms. The second-order valence-corrected chi connectivity index (χ2v) is 3.68. The Bertz CT molecular complexity index is 312. The lowest BCUT2D eigenvalue weighted by Gasteiger charge is -2.05. The standard InChI is InChI=1S/C9H11ClN2O/c10-7-3-4-8(11)12-9(7)13-5-6-1-2-6/h3-4,6H,1-2,5H2,(H2,11,12). The first-order valence-corrected chi connectivity index (χ1v) is 4.68. The average molecular weight is 199 g/mol. The summed E-state index contributed by atoms with van der Waals surface area (Å²) >= 11 is 5.86. The minimum absolute atomic E-state index is 0.440. The molecule has 70 valence electrons. The number of nitrogens with two attached hydrogens (primary N) is 1. The lowest BCUT2D eigenvalue weighted by Crippen LogP contribution is -2.02. The summed E-state index contributed by atoms with van der Waals surface area (Å²) in [6.07, 6.45) is 2.50. The molecule has 1 aliphatic rings. The third-order valence-electron chi connectivity index (χ3n) is 1.99. The van der Waals surface area contributed by atoms with Gasteiger partial charge in [-0.1, -0.05) is 11.6 Å². The normalized spacial score (nSPS) is 15.8. The predicted molar refractivity (Wildman–Crippen MR) is 51.9 cm³/mol. The molecule has 1 aromatic rings. The van der Waals surface area contributed by atoms with Crippen LogP contribution in [0.1, 0.15) is 12.8 Å². The third-order valence-corrected chi connectivity index (χ3v) is 2.28. The molecule has 0 aliphatic heterocycles. The van der Waals surface area contributed by atoms with Gasteiger partial charge in [-0.2, -0.15) is 4.98 Å². The van der Waals surface area contributed by atoms with Crippen molar-refractivity contribution in [1.29, 1.82) is 0 Å². The topological polar surface area (TPSA) is 48.1 Å². The molecule has 13 heavy (non-hydrogen) atoms. The third kappa shape index (κ3) is 2.25. The van der Waals surface area contributed by atoms with Crippen molar-refractivity contribution in [2.75, 3.05) is 12.3 Å². The Hall–Kier alpha value is -0.960. The Labute approximate surface area is 81.9 Å². The molecule has 1 heterocycles. The molecular weight excluding hydrogens is 188 g/mol. The summed E-state index contributed by atoms with van der Waals surface area (Å²) in [6.45, 7) is 0.705. The molecule has 0 unspecified atom stereocenters. The van der Waals surface area contributed by atoms with Gasteiger partial charge in [0.15, 0.2) is 0 Å². The molecule has 4 heteroatoms. The Balaban J connectivity index is 2.03. The maximum absolute atomic E-state index is 5.86. The summed E-state index contributed by atoms with van der Waals surface area (Å²) < 4.78 is 5.42. The maximum Gasteiger partial charge on any atom is 0.234 e. The van der Waals surface area contributed by atoms with E-state index in [4.69, 9.17) is 22.1 Å². The van der Waals surface area contributed by atoms with Crippen LogP contribution in [-0.4, -0.2) is 11.6 Å². The highest BCUT2D eigenvalue weighted by molar-refractivity contribution is 6.31. The van der Waals surface area contributed by atoms with Gasteiger partial charge in [0.1, 0.15) is 10.8 Å². The summed E-state index contributed by atoms with van der Waals surface area (Å²) in [5, 5.41) is 0.523. The van der Waals surface area contributed by atoms with Crippen LogP contribution in [0, 0.1) is 5.92 Å². The van der Waals surface area contributed by atoms with E-state index in [0.29, 0.717) is 29.2 Å². The number of halogens is 1. The first-order valence-electron chi connectivity index (χ1n) is 4.30. The van der Waals surface area contributed by atoms with Gasteiger partial charge in [-0.3, -0.25) is 0 Å². The van der Waals surface area contributed by atoms with Gasteiger partial charge in [0, 0.05) is 0 Å². The van der Waals surface area contributed by atoms with Gasteiger partial charge < -0.3 is 10.5 Å². The first-order chi connectivity index (χ1) is 6.25. The zero-order valence-electron chi connectivity index (χ0n) is 7.16. The van der Waals surface area contributed by atoms with Crippen LogP contribution in [0.3, 0.4) is 0 Å². The Morgan fingerprint density at radius 1 is 1.54 bits per heavy atom. The highest BCUT2D eigenvalue weighted by Crippen LogP contribution is 2.31. The number of pyridine rings is 1. The molecule has 1 saturated carbocycles. The number of ether oxygens (including phenoxy) is 1. The van der Waals surface area contributed by atoms with E-state index < -0.39 is 0 Å². The highest BCUT2D eigenvalue weighted by atomic mass is 35.5. The molecule has 0 atom stereocenters. The van der Waals surface area contributed by atoms with Gasteiger partial charge in [-0.15, -0.1) is 0 Å². The molecule has 0 saturated heterocycles. The summed E-state index contributed by atoms with van der Waals surface area (Å²) in [4.78, 5) is 4.00. The molecule has 0 aromatic carbocycles. The Morgan fingerprint density at radius 3 is 3.00 bits per heavy atom. The van der Waals surface area contributed by atoms with E-state index in [2.05, 4.69) is 4.98 Å². The van der Waals surface area contributed by atoms with E-state index in [1.54, 1.807) is 12.1 Å². The number of rotatable bonds is 3. The second kappa shape index (κ2) is 3.42. The van der Waals surface area contributed by atoms with Gasteiger partial charge in [0.25, 0.3) is 0 Å². The number of hydrogen-bond donors (Lipinski definition) is 1. The Kier molecular flexibility index (Phi) is 2.27. The number of nitrogen functional groups attached to an aromatic ring is 1. The van der Waals surface area contributed by atoms with Crippen LogP contribution < -0.4 is 10.5 Å². The Morgan fingerprint density at radius 2 is 2.31 bits per heavy atom. The molecule has 2 rings (SSSR count). The van der Waals surface area contributed by atoms with Crippen molar-refractivity contribution in [3.8, 4) is 5.88 Å². The predicted octanol–water partition coefficient (Wildman–Crippen LogP) is 2.11. The van der Waals surface area contributed by atoms with E-state index >= 15 is 0 Å². The number of anilines is 1. The molecular formula is C9H11ClN2O. The number of hydrogen-bond acceptors (Lipinski definition) is 3. The van der Waals surface area contributed by atoms with Crippen LogP contribution in [0.15, 0.2) is 12.1 Å². The van der Waals surface area contributed by atoms with Gasteiger partial charge in [0.05, 0.1) is 6.61 Å². The average Bonchev–Trinajstić information content (AvgIpc) is 2.90. The number of aromatic nitrogens is 1. The second-order valence-electron chi connectivity index (χ2n) is 3.28. The van der Waals surface area contributed by atoms with Crippen LogP contribution >= 0.6 is 11.6 Å². The van der Waals surface area contributed by atoms with Gasteiger partial charge in [-0.05, 0) is 30.9 Å². The van der Waals surface area contributed by atoms with E-state index in [1.807, 2.05) is 0 Å². The van der Waals surface area contributed by atoms with Gasteiger partial charge >= 0.3 is 0 Å². The zero-order chi connectivity index (χ0) is 9.26. The highest BCUT2D eigenvalue weighted by Gasteiger charge is 2.22. The molecule has 1 aromatic heterocycles. The van der Waals surface area contributed by atoms with Crippen molar-refractivity contribution < 1.29 is 4.74 Å². The van der Waals surface area contributed by atoms with Crippen LogP contribution in [0.2, 0.25) is 5.02 Å². The molecule has 1 fully saturated rings. The molecule has 0 amide bonds. The maximum atomic E-state index is 5.86. The molecule has 0 radical (unpaired) electrons. The fourth-order valence-electron chi connectivity index (χ4n) is 1.02. The summed E-state index contributed by atoms with van der Waals surface area (Å²) in [6, 6.07) is 3.36. The van der Waals surface area contributed by atoms with Crippen molar-refractivity contribution in [3.63, 3.8) is 0 Å². The van der Waals surface area contributed by atoms with Crippen LogP contribution in [0.5, 0.6) is 5.88 Å². The molecule has 0 spiro atoms. The fraction of sp³-hybridized carbons (Fsp3) is 0.444. The van der Waals surface area contributed by atoms with Crippen molar-refractivity contribution in [3.05, 3.63) is 17.2 Å². The largest absolute Gasteiger partial charge is 0.476 e. The SMILES string of the molecule is Nc1ccc(Cl)c(OCC2CC2)n1. The monoisotopic (exact) mass is 198 g/mol. The zero-order valence-corrected chi connectivity index (χ0v) is 7.92. The van der Waals surface area contributed by atoms with Gasteiger partial charge in [0.2, 0.25) is 5.88 Å². The van der Waals surface area contributed by atoms with Gasteiger partial charge in [-0.25, -0.2) is 0 Å². The summed E-state index contributed by atoms with van der Waals surface area (Å²) in [7, 11) is 0. The van der Waals surface area contributed by atoms with Crippen LogP contribution in [0.4, 0.5) is 5.82 Å². The lowest BCUT2D eigenvalue weighted by atomic mass is 10.4. The molecule has 3 nitrogen and oxygen atoms in total. The van der Waals surface area contributed by atoms with E-state index in [9.17, 15) is 0 Å². The smallest absolute Gasteiger partial charge is 0.234 e. The minimum Gasteiger partial charge on any atom is -0.476 e. The van der Waals surface area contributed by atoms with Crippen molar-refractivity contribution in [2.45, 2.75) is 12.8 Å². The van der Waals surface area contributed by atoms with E-state index in [0.717, 1.165) is 0 Å². The minimum atomic E-state index is 0.440. The summed E-state index contributed by atoms with van der Waals surface area (Å²) in [5.74, 6) is 1.59. The van der Waals surface area contributed by atoms with Crippen LogP contribution in [-0.2, 0) is 0 Å². The van der Waals surface area contributed by atoms with E-state index in [1.165, 1.54) is 12.8 Å². The number of nitrogens with zero attached hydrogens (tertiary/aromatic N) is 1. The molecule has 1 aliphatic carbocycles. The fourth-order valence-corrected chi connectivity index (χ4v) is 1.18. The van der Waals surface area contributed by atoms with Crippen molar-refractivity contribution in [1.82, 2.24) is 4.98 Å². The quantitative estimate of drug-likeness (QED) is 0.809. The van der Waals surface area contributed by atoms with Crippen molar-refractivity contribution >= 4 is 17.4 Å². The van der Waals surface area contributed by atoms with Crippen molar-refractivity contribution in [2.24, 2.45) is 5.92 Å². The first kappa shape index (κ1) is 8.63. The van der Waals surface area contributed by atoms with Crippen LogP contribution in [0.25, 0.3) is 0 Å². The lowest BCUT2D eigenvalue weighted by molar-refractivity contribution is 0.289. The van der Waals surface area contributed by atoms with E-state index in [-0.39, 0.29) is 0 Å². The summed E-state index contributed by atoms with van der Waals surface area (Å²) in [5.41, 5.74) is 5.50.